The van der Waals surface area contributed by atoms with Crippen molar-refractivity contribution >= 4 is 34.2 Å². The van der Waals surface area contributed by atoms with Gasteiger partial charge in [-0.3, -0.25) is 9.36 Å². The number of hydrogen-bond donors (Lipinski definition) is 1. The molecule has 0 saturated heterocycles. The van der Waals surface area contributed by atoms with Gasteiger partial charge in [-0.2, -0.15) is 0 Å². The molecule has 0 spiro atoms. The number of carbonyl (C=O) groups is 1. The van der Waals surface area contributed by atoms with Crippen LogP contribution in [0.5, 0.6) is 0 Å². The maximum absolute atomic E-state index is 12.5. The molecule has 2 N–H and O–H groups in total. The Morgan fingerprint density at radius 2 is 2.05 bits per heavy atom. The number of nitrogens with zero attached hydrogens (tertiary/aromatic N) is 1. The third-order valence-corrected chi connectivity index (χ3v) is 3.68. The van der Waals surface area contributed by atoms with Crippen LogP contribution in [0, 0.1) is 0 Å². The Hall–Kier alpha value is -2.53. The number of aryl methyl sites for hydroxylation is 1. The Bertz CT molecular complexity index is 924. The lowest BCUT2D eigenvalue weighted by Crippen LogP contribution is -2.08. The SMILES string of the molecule is Cn1c(=O)oc2cc(C(=O)c3cccc(Cl)c3N)ccc21. The van der Waals surface area contributed by atoms with Crippen LogP contribution in [-0.4, -0.2) is 10.4 Å². The maximum atomic E-state index is 12.5. The molecular weight excluding hydrogens is 292 g/mol. The molecular formula is C15H11ClN2O3. The van der Waals surface area contributed by atoms with Crippen molar-refractivity contribution < 1.29 is 9.21 Å². The van der Waals surface area contributed by atoms with Gasteiger partial charge in [0.05, 0.1) is 16.2 Å². The van der Waals surface area contributed by atoms with Gasteiger partial charge in [0.2, 0.25) is 0 Å². The van der Waals surface area contributed by atoms with E-state index in [0.29, 0.717) is 27.2 Å². The summed E-state index contributed by atoms with van der Waals surface area (Å²) in [7, 11) is 1.60. The summed E-state index contributed by atoms with van der Waals surface area (Å²) in [5.41, 5.74) is 7.74. The van der Waals surface area contributed by atoms with E-state index in [1.807, 2.05) is 0 Å². The van der Waals surface area contributed by atoms with E-state index in [-0.39, 0.29) is 11.5 Å². The Morgan fingerprint density at radius 3 is 2.81 bits per heavy atom. The van der Waals surface area contributed by atoms with Gasteiger partial charge in [-0.1, -0.05) is 17.7 Å². The quantitative estimate of drug-likeness (QED) is 0.583. The summed E-state index contributed by atoms with van der Waals surface area (Å²) >= 11 is 5.92. The van der Waals surface area contributed by atoms with Crippen molar-refractivity contribution in [1.29, 1.82) is 0 Å². The Morgan fingerprint density at radius 1 is 1.29 bits per heavy atom. The predicted molar refractivity (Wildman–Crippen MR) is 80.8 cm³/mol. The average Bonchev–Trinajstić information content (AvgIpc) is 2.76. The number of benzene rings is 2. The molecule has 3 rings (SSSR count). The van der Waals surface area contributed by atoms with Crippen molar-refractivity contribution in [2.75, 3.05) is 5.73 Å². The highest BCUT2D eigenvalue weighted by Gasteiger charge is 2.16. The first-order valence-electron chi connectivity index (χ1n) is 6.17. The van der Waals surface area contributed by atoms with E-state index >= 15 is 0 Å². The van der Waals surface area contributed by atoms with Crippen LogP contribution in [0.4, 0.5) is 5.69 Å². The van der Waals surface area contributed by atoms with Gasteiger partial charge in [0, 0.05) is 18.2 Å². The number of hydrogen-bond acceptors (Lipinski definition) is 4. The smallest absolute Gasteiger partial charge is 0.408 e. The van der Waals surface area contributed by atoms with Gasteiger partial charge in [0.15, 0.2) is 11.4 Å². The molecule has 0 saturated carbocycles. The van der Waals surface area contributed by atoms with E-state index in [4.69, 9.17) is 21.8 Å². The number of para-hydroxylation sites is 1. The van der Waals surface area contributed by atoms with Crippen LogP contribution in [-0.2, 0) is 7.05 Å². The number of fused-ring (bicyclic) bond motifs is 1. The van der Waals surface area contributed by atoms with E-state index in [9.17, 15) is 9.59 Å². The number of anilines is 1. The Labute approximate surface area is 124 Å². The van der Waals surface area contributed by atoms with E-state index in [2.05, 4.69) is 0 Å². The lowest BCUT2D eigenvalue weighted by molar-refractivity contribution is 0.103. The molecule has 21 heavy (non-hydrogen) atoms. The zero-order valence-corrected chi connectivity index (χ0v) is 11.8. The van der Waals surface area contributed by atoms with Crippen molar-refractivity contribution in [3.63, 3.8) is 0 Å². The molecule has 5 nitrogen and oxygen atoms in total. The van der Waals surface area contributed by atoms with Crippen molar-refractivity contribution in [2.24, 2.45) is 7.05 Å². The second kappa shape index (κ2) is 4.79. The number of nitrogens with two attached hydrogens (primary N) is 1. The molecule has 0 radical (unpaired) electrons. The van der Waals surface area contributed by atoms with Crippen LogP contribution >= 0.6 is 11.6 Å². The topological polar surface area (TPSA) is 78.2 Å². The maximum Gasteiger partial charge on any atom is 0.419 e. The van der Waals surface area contributed by atoms with Crippen molar-refractivity contribution in [3.05, 3.63) is 63.1 Å². The Balaban J connectivity index is 2.14. The second-order valence-electron chi connectivity index (χ2n) is 4.64. The summed E-state index contributed by atoms with van der Waals surface area (Å²) in [6, 6.07) is 9.70. The summed E-state index contributed by atoms with van der Waals surface area (Å²) in [5, 5.41) is 0.327. The van der Waals surface area contributed by atoms with E-state index in [1.54, 1.807) is 37.4 Å². The molecule has 3 aromatic rings. The molecule has 1 heterocycles. The average molecular weight is 303 g/mol. The largest absolute Gasteiger partial charge is 0.419 e. The molecule has 2 aromatic carbocycles. The van der Waals surface area contributed by atoms with Crippen molar-refractivity contribution in [3.8, 4) is 0 Å². The van der Waals surface area contributed by atoms with Crippen LogP contribution in [0.15, 0.2) is 45.6 Å². The fourth-order valence-electron chi connectivity index (χ4n) is 2.17. The third kappa shape index (κ3) is 2.11. The number of rotatable bonds is 2. The molecule has 0 aliphatic rings. The standard InChI is InChI=1S/C15H11ClN2O3/c1-18-11-6-5-8(7-12(11)21-15(18)20)14(19)9-3-2-4-10(16)13(9)17/h2-7H,17H2,1H3. The molecule has 0 unspecified atom stereocenters. The van der Waals surface area contributed by atoms with Gasteiger partial charge in [-0.25, -0.2) is 4.79 Å². The molecule has 0 aliphatic heterocycles. The number of carbonyl (C=O) groups excluding carboxylic acids is 1. The number of ketones is 1. The van der Waals surface area contributed by atoms with Gasteiger partial charge in [-0.15, -0.1) is 0 Å². The first-order chi connectivity index (χ1) is 9.99. The van der Waals surface area contributed by atoms with Gasteiger partial charge >= 0.3 is 5.76 Å². The minimum Gasteiger partial charge on any atom is -0.408 e. The lowest BCUT2D eigenvalue weighted by atomic mass is 10.0. The molecule has 6 heteroatoms. The minimum absolute atomic E-state index is 0.235. The highest BCUT2D eigenvalue weighted by atomic mass is 35.5. The van der Waals surface area contributed by atoms with E-state index < -0.39 is 5.76 Å². The lowest BCUT2D eigenvalue weighted by Gasteiger charge is -2.06. The fourth-order valence-corrected chi connectivity index (χ4v) is 2.34. The Kier molecular flexibility index (Phi) is 3.07. The highest BCUT2D eigenvalue weighted by molar-refractivity contribution is 6.34. The zero-order valence-electron chi connectivity index (χ0n) is 11.1. The summed E-state index contributed by atoms with van der Waals surface area (Å²) in [6.45, 7) is 0. The number of oxazole rings is 1. The summed E-state index contributed by atoms with van der Waals surface area (Å²) in [5.74, 6) is -0.750. The van der Waals surface area contributed by atoms with Crippen LogP contribution in [0.25, 0.3) is 11.1 Å². The minimum atomic E-state index is -0.475. The summed E-state index contributed by atoms with van der Waals surface area (Å²) in [6.07, 6.45) is 0. The van der Waals surface area contributed by atoms with Crippen LogP contribution in [0.1, 0.15) is 15.9 Å². The highest BCUT2D eigenvalue weighted by Crippen LogP contribution is 2.25. The molecule has 0 atom stereocenters. The monoisotopic (exact) mass is 302 g/mol. The predicted octanol–water partition coefficient (Wildman–Crippen LogP) is 2.60. The van der Waals surface area contributed by atoms with E-state index in [1.165, 1.54) is 10.6 Å². The normalized spacial score (nSPS) is 11.0. The molecule has 0 aliphatic carbocycles. The van der Waals surface area contributed by atoms with Crippen LogP contribution in [0.2, 0.25) is 5.02 Å². The fraction of sp³-hybridized carbons (Fsp3) is 0.0667. The molecule has 0 fully saturated rings. The summed E-state index contributed by atoms with van der Waals surface area (Å²) in [4.78, 5) is 24.0. The molecule has 1 aromatic heterocycles. The number of aromatic nitrogens is 1. The second-order valence-corrected chi connectivity index (χ2v) is 5.05. The van der Waals surface area contributed by atoms with Crippen molar-refractivity contribution in [2.45, 2.75) is 0 Å². The van der Waals surface area contributed by atoms with Gasteiger partial charge < -0.3 is 10.2 Å². The molecule has 106 valence electrons. The first-order valence-corrected chi connectivity index (χ1v) is 6.55. The van der Waals surface area contributed by atoms with Gasteiger partial charge in [0.25, 0.3) is 0 Å². The van der Waals surface area contributed by atoms with Crippen LogP contribution in [0.3, 0.4) is 0 Å². The van der Waals surface area contributed by atoms with Crippen LogP contribution < -0.4 is 11.5 Å². The third-order valence-electron chi connectivity index (χ3n) is 3.35. The number of halogens is 1. The molecule has 0 bridgehead atoms. The number of nitrogen functional groups attached to an aromatic ring is 1. The van der Waals surface area contributed by atoms with Crippen molar-refractivity contribution in [1.82, 2.24) is 4.57 Å². The first kappa shape index (κ1) is 13.5. The van der Waals surface area contributed by atoms with E-state index in [0.717, 1.165) is 0 Å². The van der Waals surface area contributed by atoms with Gasteiger partial charge in [0.1, 0.15) is 0 Å². The van der Waals surface area contributed by atoms with Gasteiger partial charge in [-0.05, 0) is 30.3 Å². The zero-order chi connectivity index (χ0) is 15.1. The summed E-state index contributed by atoms with van der Waals surface area (Å²) < 4.78 is 6.45. The molecule has 0 amide bonds.